The fraction of sp³-hybridized carbons (Fsp3) is 0.389. The van der Waals surface area contributed by atoms with E-state index in [0.717, 1.165) is 25.8 Å². The number of benzene rings is 1. The van der Waals surface area contributed by atoms with Crippen molar-refractivity contribution in [1.82, 2.24) is 4.90 Å². The lowest BCUT2D eigenvalue weighted by atomic mass is 9.94. The van der Waals surface area contributed by atoms with Crippen LogP contribution < -0.4 is 0 Å². The Kier molecular flexibility index (Phi) is 4.60. The fourth-order valence-corrected chi connectivity index (χ4v) is 4.39. The summed E-state index contributed by atoms with van der Waals surface area (Å²) in [7, 11) is 0. The summed E-state index contributed by atoms with van der Waals surface area (Å²) in [4.78, 5) is 15.2. The van der Waals surface area contributed by atoms with Gasteiger partial charge in [-0.05, 0) is 48.9 Å². The van der Waals surface area contributed by atoms with E-state index in [1.165, 1.54) is 16.0 Å². The van der Waals surface area contributed by atoms with Gasteiger partial charge in [0.2, 0.25) is 0 Å². The summed E-state index contributed by atoms with van der Waals surface area (Å²) in [5.41, 5.74) is 2.43. The monoisotopic (exact) mass is 315 g/mol. The van der Waals surface area contributed by atoms with Crippen molar-refractivity contribution in [3.05, 3.63) is 57.8 Å². The third kappa shape index (κ3) is 2.94. The quantitative estimate of drug-likeness (QED) is 0.924. The molecule has 4 heteroatoms. The zero-order valence-corrected chi connectivity index (χ0v) is 13.6. The number of aliphatic carboxylic acids is 1. The van der Waals surface area contributed by atoms with Crippen LogP contribution in [-0.2, 0) is 4.79 Å². The Morgan fingerprint density at radius 1 is 1.27 bits per heavy atom. The number of rotatable bonds is 4. The first kappa shape index (κ1) is 15.3. The first-order chi connectivity index (χ1) is 10.7. The third-order valence-corrected chi connectivity index (χ3v) is 5.50. The topological polar surface area (TPSA) is 40.5 Å². The number of likely N-dealkylation sites (tertiary alicyclic amines) is 1. The van der Waals surface area contributed by atoms with Gasteiger partial charge in [-0.2, -0.15) is 0 Å². The van der Waals surface area contributed by atoms with Gasteiger partial charge in [0.1, 0.15) is 6.04 Å². The van der Waals surface area contributed by atoms with Crippen LogP contribution in [0, 0.1) is 6.92 Å². The molecule has 2 atom stereocenters. The van der Waals surface area contributed by atoms with Crippen molar-refractivity contribution in [3.8, 4) is 0 Å². The SMILES string of the molecule is Cc1ccsc1C(c1ccccc1)N1CCCCC1C(=O)O. The second-order valence-corrected chi connectivity index (χ2v) is 6.82. The van der Waals surface area contributed by atoms with E-state index in [1.807, 2.05) is 18.2 Å². The average Bonchev–Trinajstić information content (AvgIpc) is 2.95. The van der Waals surface area contributed by atoms with E-state index in [2.05, 4.69) is 35.4 Å². The molecule has 22 heavy (non-hydrogen) atoms. The molecule has 1 aromatic carbocycles. The molecule has 0 bridgehead atoms. The summed E-state index contributed by atoms with van der Waals surface area (Å²) < 4.78 is 0. The molecule has 2 unspecified atom stereocenters. The minimum absolute atomic E-state index is 0.0441. The molecular weight excluding hydrogens is 294 g/mol. The van der Waals surface area contributed by atoms with Crippen LogP contribution in [0.3, 0.4) is 0 Å². The molecule has 1 saturated heterocycles. The van der Waals surface area contributed by atoms with Gasteiger partial charge in [-0.25, -0.2) is 0 Å². The molecular formula is C18H21NO2S. The van der Waals surface area contributed by atoms with E-state index >= 15 is 0 Å². The molecule has 0 saturated carbocycles. The van der Waals surface area contributed by atoms with Crippen LogP contribution in [-0.4, -0.2) is 28.6 Å². The molecule has 1 aromatic heterocycles. The highest BCUT2D eigenvalue weighted by Crippen LogP contribution is 2.38. The van der Waals surface area contributed by atoms with Gasteiger partial charge in [-0.1, -0.05) is 36.8 Å². The number of carboxylic acid groups (broad SMARTS) is 1. The summed E-state index contributed by atoms with van der Waals surface area (Å²) >= 11 is 1.73. The molecule has 2 heterocycles. The van der Waals surface area contributed by atoms with E-state index in [9.17, 15) is 9.90 Å². The van der Waals surface area contributed by atoms with Crippen LogP contribution in [0.25, 0.3) is 0 Å². The first-order valence-electron chi connectivity index (χ1n) is 7.76. The molecule has 3 rings (SSSR count). The summed E-state index contributed by atoms with van der Waals surface area (Å²) in [6, 6.07) is 12.1. The smallest absolute Gasteiger partial charge is 0.320 e. The maximum absolute atomic E-state index is 11.7. The van der Waals surface area contributed by atoms with E-state index in [4.69, 9.17) is 0 Å². The fourth-order valence-electron chi connectivity index (χ4n) is 3.32. The van der Waals surface area contributed by atoms with E-state index in [0.29, 0.717) is 0 Å². The molecule has 0 radical (unpaired) electrons. The second-order valence-electron chi connectivity index (χ2n) is 5.87. The number of nitrogens with zero attached hydrogens (tertiary/aromatic N) is 1. The van der Waals surface area contributed by atoms with Crippen molar-refractivity contribution in [1.29, 1.82) is 0 Å². The van der Waals surface area contributed by atoms with Crippen molar-refractivity contribution < 1.29 is 9.90 Å². The van der Waals surface area contributed by atoms with Crippen LogP contribution in [0.1, 0.15) is 41.3 Å². The van der Waals surface area contributed by atoms with E-state index < -0.39 is 5.97 Å². The van der Waals surface area contributed by atoms with Crippen LogP contribution >= 0.6 is 11.3 Å². The zero-order valence-electron chi connectivity index (χ0n) is 12.7. The van der Waals surface area contributed by atoms with Crippen molar-refractivity contribution in [3.63, 3.8) is 0 Å². The van der Waals surface area contributed by atoms with Gasteiger partial charge >= 0.3 is 5.97 Å². The van der Waals surface area contributed by atoms with Crippen molar-refractivity contribution in [2.24, 2.45) is 0 Å². The lowest BCUT2D eigenvalue weighted by molar-refractivity contribution is -0.145. The number of aryl methyl sites for hydroxylation is 1. The molecule has 0 amide bonds. The Morgan fingerprint density at radius 3 is 2.68 bits per heavy atom. The predicted molar refractivity (Wildman–Crippen MR) is 89.3 cm³/mol. The Labute approximate surface area is 135 Å². The Balaban J connectivity index is 2.05. The minimum atomic E-state index is -0.699. The number of hydrogen-bond donors (Lipinski definition) is 1. The normalized spacial score (nSPS) is 20.7. The van der Waals surface area contributed by atoms with Gasteiger partial charge in [-0.15, -0.1) is 11.3 Å². The van der Waals surface area contributed by atoms with Crippen LogP contribution in [0.2, 0.25) is 0 Å². The molecule has 1 aliphatic rings. The highest BCUT2D eigenvalue weighted by atomic mass is 32.1. The van der Waals surface area contributed by atoms with Crippen molar-refractivity contribution in [2.45, 2.75) is 38.3 Å². The number of thiophene rings is 1. The largest absolute Gasteiger partial charge is 0.480 e. The molecule has 116 valence electrons. The van der Waals surface area contributed by atoms with Gasteiger partial charge in [0.15, 0.2) is 0 Å². The maximum Gasteiger partial charge on any atom is 0.320 e. The van der Waals surface area contributed by atoms with Crippen LogP contribution in [0.4, 0.5) is 0 Å². The summed E-state index contributed by atoms with van der Waals surface area (Å²) in [6.45, 7) is 2.95. The molecule has 0 aliphatic carbocycles. The summed E-state index contributed by atoms with van der Waals surface area (Å²) in [6.07, 6.45) is 2.80. The zero-order chi connectivity index (χ0) is 15.5. The van der Waals surface area contributed by atoms with E-state index in [1.54, 1.807) is 11.3 Å². The molecule has 2 aromatic rings. The molecule has 1 N–H and O–H groups in total. The molecule has 1 fully saturated rings. The number of carboxylic acids is 1. The Bertz CT molecular complexity index is 638. The van der Waals surface area contributed by atoms with Gasteiger partial charge in [0.05, 0.1) is 6.04 Å². The lowest BCUT2D eigenvalue weighted by Gasteiger charge is -2.39. The molecule has 3 nitrogen and oxygen atoms in total. The third-order valence-electron chi connectivity index (χ3n) is 4.43. The molecule has 0 spiro atoms. The van der Waals surface area contributed by atoms with Gasteiger partial charge in [0.25, 0.3) is 0 Å². The highest BCUT2D eigenvalue weighted by molar-refractivity contribution is 7.10. The van der Waals surface area contributed by atoms with Gasteiger partial charge < -0.3 is 5.11 Å². The van der Waals surface area contributed by atoms with E-state index in [-0.39, 0.29) is 12.1 Å². The number of carbonyl (C=O) groups is 1. The number of hydrogen-bond acceptors (Lipinski definition) is 3. The highest BCUT2D eigenvalue weighted by Gasteiger charge is 2.35. The predicted octanol–water partition coefficient (Wildman–Crippen LogP) is 4.09. The lowest BCUT2D eigenvalue weighted by Crippen LogP contribution is -2.46. The minimum Gasteiger partial charge on any atom is -0.480 e. The van der Waals surface area contributed by atoms with Gasteiger partial charge in [-0.3, -0.25) is 9.69 Å². The number of piperidine rings is 1. The maximum atomic E-state index is 11.7. The Morgan fingerprint density at radius 2 is 2.05 bits per heavy atom. The van der Waals surface area contributed by atoms with Crippen molar-refractivity contribution >= 4 is 17.3 Å². The standard InChI is InChI=1S/C18H21NO2S/c1-13-10-12-22-17(13)16(14-7-3-2-4-8-14)19-11-6-5-9-15(19)18(20)21/h2-4,7-8,10,12,15-16H,5-6,9,11H2,1H3,(H,20,21). The Hall–Kier alpha value is -1.65. The summed E-state index contributed by atoms with van der Waals surface area (Å²) in [5.74, 6) is -0.699. The van der Waals surface area contributed by atoms with Crippen LogP contribution in [0.15, 0.2) is 41.8 Å². The molecule has 1 aliphatic heterocycles. The second kappa shape index (κ2) is 6.63. The van der Waals surface area contributed by atoms with Crippen molar-refractivity contribution in [2.75, 3.05) is 6.54 Å². The average molecular weight is 315 g/mol. The first-order valence-corrected chi connectivity index (χ1v) is 8.64. The van der Waals surface area contributed by atoms with Gasteiger partial charge in [0, 0.05) is 4.88 Å². The summed E-state index contributed by atoms with van der Waals surface area (Å²) in [5, 5.41) is 11.7. The van der Waals surface area contributed by atoms with Crippen LogP contribution in [0.5, 0.6) is 0 Å².